The molecule has 0 spiro atoms. The van der Waals surface area contributed by atoms with Crippen LogP contribution >= 0.6 is 22.9 Å². The molecule has 0 aliphatic heterocycles. The molecule has 0 fully saturated rings. The molecule has 1 amide bonds. The van der Waals surface area contributed by atoms with Gasteiger partial charge in [0.1, 0.15) is 0 Å². The van der Waals surface area contributed by atoms with Crippen LogP contribution in [-0.4, -0.2) is 5.91 Å². The fourth-order valence-corrected chi connectivity index (χ4v) is 2.86. The van der Waals surface area contributed by atoms with E-state index in [1.807, 2.05) is 5.38 Å². The van der Waals surface area contributed by atoms with Crippen molar-refractivity contribution in [2.45, 2.75) is 19.9 Å². The number of amides is 1. The Labute approximate surface area is 121 Å². The molecule has 0 aliphatic rings. The van der Waals surface area contributed by atoms with Crippen molar-refractivity contribution in [2.24, 2.45) is 0 Å². The highest BCUT2D eigenvalue weighted by molar-refractivity contribution is 7.10. The summed E-state index contributed by atoms with van der Waals surface area (Å²) in [7, 11) is 0. The van der Waals surface area contributed by atoms with Crippen LogP contribution in [0.3, 0.4) is 0 Å². The number of nitrogens with two attached hydrogens (primary N) is 1. The van der Waals surface area contributed by atoms with Crippen LogP contribution in [0.1, 0.15) is 27.7 Å². The summed E-state index contributed by atoms with van der Waals surface area (Å²) in [4.78, 5) is 13.2. The number of nitrogen functional groups attached to an aromatic ring is 1. The zero-order chi connectivity index (χ0) is 13.8. The van der Waals surface area contributed by atoms with E-state index in [0.717, 1.165) is 6.42 Å². The molecule has 3 nitrogen and oxygen atoms in total. The van der Waals surface area contributed by atoms with Gasteiger partial charge < -0.3 is 11.1 Å². The second-order valence-corrected chi connectivity index (χ2v) is 5.55. The summed E-state index contributed by atoms with van der Waals surface area (Å²) in [5.74, 6) is -0.141. The molecule has 5 heteroatoms. The van der Waals surface area contributed by atoms with Crippen LogP contribution in [0.15, 0.2) is 29.6 Å². The number of hydrogen-bond acceptors (Lipinski definition) is 3. The summed E-state index contributed by atoms with van der Waals surface area (Å²) >= 11 is 7.56. The molecule has 0 saturated heterocycles. The molecule has 2 rings (SSSR count). The first-order valence-corrected chi connectivity index (χ1v) is 7.26. The first-order chi connectivity index (χ1) is 9.11. The van der Waals surface area contributed by atoms with E-state index in [9.17, 15) is 4.79 Å². The maximum absolute atomic E-state index is 12.0. The maximum atomic E-state index is 12.0. The van der Waals surface area contributed by atoms with Gasteiger partial charge in [0.05, 0.1) is 17.3 Å². The number of carbonyl (C=O) groups is 1. The molecule has 19 heavy (non-hydrogen) atoms. The van der Waals surface area contributed by atoms with Crippen LogP contribution in [-0.2, 0) is 13.0 Å². The number of nitrogens with one attached hydrogen (secondary N) is 1. The third-order valence-electron chi connectivity index (χ3n) is 2.89. The fraction of sp³-hybridized carbons (Fsp3) is 0.214. The lowest BCUT2D eigenvalue weighted by molar-refractivity contribution is 0.0951. The Hall–Kier alpha value is -1.52. The van der Waals surface area contributed by atoms with Crippen molar-refractivity contribution in [2.75, 3.05) is 5.73 Å². The van der Waals surface area contributed by atoms with Gasteiger partial charge in [-0.05, 0) is 41.6 Å². The minimum Gasteiger partial charge on any atom is -0.398 e. The Kier molecular flexibility index (Phi) is 4.45. The first-order valence-electron chi connectivity index (χ1n) is 6.00. The van der Waals surface area contributed by atoms with Gasteiger partial charge >= 0.3 is 0 Å². The largest absolute Gasteiger partial charge is 0.398 e. The standard InChI is InChI=1S/C14H15ClN2OS/c1-2-9-5-6-19-13(9)8-17-14(18)10-3-4-12(16)11(15)7-10/h3-7H,2,8,16H2,1H3,(H,17,18). The number of anilines is 1. The Morgan fingerprint density at radius 2 is 2.21 bits per heavy atom. The van der Waals surface area contributed by atoms with Crippen LogP contribution < -0.4 is 11.1 Å². The number of carbonyl (C=O) groups excluding carboxylic acids is 1. The lowest BCUT2D eigenvalue weighted by Crippen LogP contribution is -2.22. The average molecular weight is 295 g/mol. The summed E-state index contributed by atoms with van der Waals surface area (Å²) < 4.78 is 0. The van der Waals surface area contributed by atoms with Crippen molar-refractivity contribution in [3.05, 3.63) is 50.7 Å². The number of thiophene rings is 1. The van der Waals surface area contributed by atoms with Gasteiger partial charge in [0.2, 0.25) is 0 Å². The van der Waals surface area contributed by atoms with E-state index >= 15 is 0 Å². The van der Waals surface area contributed by atoms with E-state index in [0.29, 0.717) is 22.8 Å². The monoisotopic (exact) mass is 294 g/mol. The van der Waals surface area contributed by atoms with E-state index in [1.165, 1.54) is 10.4 Å². The molecule has 0 saturated carbocycles. The van der Waals surface area contributed by atoms with Gasteiger partial charge in [0.25, 0.3) is 5.91 Å². The van der Waals surface area contributed by atoms with Crippen molar-refractivity contribution in [1.29, 1.82) is 0 Å². The van der Waals surface area contributed by atoms with Crippen LogP contribution in [0.4, 0.5) is 5.69 Å². The maximum Gasteiger partial charge on any atom is 0.251 e. The van der Waals surface area contributed by atoms with Crippen LogP contribution in [0, 0.1) is 0 Å². The Balaban J connectivity index is 2.03. The topological polar surface area (TPSA) is 55.1 Å². The molecule has 0 radical (unpaired) electrons. The molecular formula is C14H15ClN2OS. The van der Waals surface area contributed by atoms with Gasteiger partial charge in [-0.1, -0.05) is 18.5 Å². The molecule has 1 aromatic carbocycles. The predicted molar refractivity (Wildman–Crippen MR) is 80.7 cm³/mol. The summed E-state index contributed by atoms with van der Waals surface area (Å²) in [6.07, 6.45) is 0.975. The average Bonchev–Trinajstić information content (AvgIpc) is 2.86. The third kappa shape index (κ3) is 3.28. The van der Waals surface area contributed by atoms with Gasteiger partial charge in [-0.25, -0.2) is 0 Å². The highest BCUT2D eigenvalue weighted by atomic mass is 35.5. The van der Waals surface area contributed by atoms with E-state index in [2.05, 4.69) is 18.3 Å². The highest BCUT2D eigenvalue weighted by Crippen LogP contribution is 2.20. The quantitative estimate of drug-likeness (QED) is 0.848. The van der Waals surface area contributed by atoms with Crippen LogP contribution in [0.2, 0.25) is 5.02 Å². The van der Waals surface area contributed by atoms with Gasteiger partial charge in [-0.3, -0.25) is 4.79 Å². The molecule has 100 valence electrons. The fourth-order valence-electron chi connectivity index (χ4n) is 1.77. The number of aryl methyl sites for hydroxylation is 1. The van der Waals surface area contributed by atoms with E-state index in [-0.39, 0.29) is 5.91 Å². The van der Waals surface area contributed by atoms with Gasteiger partial charge in [-0.2, -0.15) is 0 Å². The Morgan fingerprint density at radius 1 is 1.42 bits per heavy atom. The van der Waals surface area contributed by atoms with Crippen LogP contribution in [0.5, 0.6) is 0 Å². The van der Waals surface area contributed by atoms with E-state index in [1.54, 1.807) is 29.5 Å². The van der Waals surface area contributed by atoms with Gasteiger partial charge in [0.15, 0.2) is 0 Å². The summed E-state index contributed by atoms with van der Waals surface area (Å²) in [5, 5.41) is 5.34. The summed E-state index contributed by atoms with van der Waals surface area (Å²) in [5.41, 5.74) is 7.89. The van der Waals surface area contributed by atoms with Crippen molar-refractivity contribution >= 4 is 34.5 Å². The van der Waals surface area contributed by atoms with Crippen molar-refractivity contribution in [1.82, 2.24) is 5.32 Å². The highest BCUT2D eigenvalue weighted by Gasteiger charge is 2.09. The molecule has 0 atom stereocenters. The minimum atomic E-state index is -0.141. The van der Waals surface area contributed by atoms with Crippen molar-refractivity contribution < 1.29 is 4.79 Å². The number of rotatable bonds is 4. The van der Waals surface area contributed by atoms with Gasteiger partial charge in [0, 0.05) is 10.4 Å². The zero-order valence-electron chi connectivity index (χ0n) is 10.6. The molecule has 1 aromatic heterocycles. The molecule has 2 aromatic rings. The first kappa shape index (κ1) is 13.9. The predicted octanol–water partition coefficient (Wildman–Crippen LogP) is 3.48. The lowest BCUT2D eigenvalue weighted by Gasteiger charge is -2.06. The Morgan fingerprint density at radius 3 is 2.89 bits per heavy atom. The summed E-state index contributed by atoms with van der Waals surface area (Å²) in [6.45, 7) is 2.65. The third-order valence-corrected chi connectivity index (χ3v) is 4.18. The number of benzene rings is 1. The molecule has 1 heterocycles. The smallest absolute Gasteiger partial charge is 0.251 e. The van der Waals surface area contributed by atoms with E-state index in [4.69, 9.17) is 17.3 Å². The molecule has 3 N–H and O–H groups in total. The lowest BCUT2D eigenvalue weighted by atomic mass is 10.2. The SMILES string of the molecule is CCc1ccsc1CNC(=O)c1ccc(N)c(Cl)c1. The number of hydrogen-bond donors (Lipinski definition) is 2. The second kappa shape index (κ2) is 6.08. The number of halogens is 1. The van der Waals surface area contributed by atoms with E-state index < -0.39 is 0 Å². The van der Waals surface area contributed by atoms with Crippen LogP contribution in [0.25, 0.3) is 0 Å². The summed E-state index contributed by atoms with van der Waals surface area (Å²) in [6, 6.07) is 6.99. The molecular weight excluding hydrogens is 280 g/mol. The molecule has 0 unspecified atom stereocenters. The molecule has 0 aliphatic carbocycles. The zero-order valence-corrected chi connectivity index (χ0v) is 12.1. The minimum absolute atomic E-state index is 0.141. The van der Waals surface area contributed by atoms with Gasteiger partial charge in [-0.15, -0.1) is 11.3 Å². The second-order valence-electron chi connectivity index (χ2n) is 4.14. The van der Waals surface area contributed by atoms with Crippen molar-refractivity contribution in [3.63, 3.8) is 0 Å². The Bertz CT molecular complexity index is 595. The molecule has 0 bridgehead atoms. The van der Waals surface area contributed by atoms with Crippen molar-refractivity contribution in [3.8, 4) is 0 Å². The normalized spacial score (nSPS) is 10.4.